The van der Waals surface area contributed by atoms with Gasteiger partial charge in [-0.15, -0.1) is 0 Å². The van der Waals surface area contributed by atoms with Crippen molar-refractivity contribution in [3.63, 3.8) is 0 Å². The van der Waals surface area contributed by atoms with E-state index in [0.717, 1.165) is 39.1 Å². The Hall–Kier alpha value is -1.53. The van der Waals surface area contributed by atoms with Crippen molar-refractivity contribution < 1.29 is 9.18 Å². The van der Waals surface area contributed by atoms with Gasteiger partial charge in [-0.3, -0.25) is 4.79 Å². The Kier molecular flexibility index (Phi) is 5.43. The van der Waals surface area contributed by atoms with E-state index < -0.39 is 11.9 Å². The van der Waals surface area contributed by atoms with Gasteiger partial charge in [0.25, 0.3) is 5.91 Å². The molecule has 2 rings (SSSR count). The van der Waals surface area contributed by atoms with E-state index in [-0.39, 0.29) is 5.56 Å². The first-order chi connectivity index (χ1) is 9.66. The molecule has 1 amide bonds. The zero-order chi connectivity index (χ0) is 14.4. The molecule has 0 atom stereocenters. The van der Waals surface area contributed by atoms with Gasteiger partial charge in [0, 0.05) is 38.9 Å². The number of aromatic nitrogens is 1. The van der Waals surface area contributed by atoms with Crippen molar-refractivity contribution in [1.82, 2.24) is 20.1 Å². The molecule has 0 spiro atoms. The lowest BCUT2D eigenvalue weighted by atomic mass is 10.2. The van der Waals surface area contributed by atoms with E-state index in [4.69, 9.17) is 0 Å². The molecule has 0 aromatic carbocycles. The molecule has 1 aromatic heterocycles. The SMILES string of the molecule is CN1CCN(CCCNC(=O)c2cccnc2F)CC1. The van der Waals surface area contributed by atoms with Gasteiger partial charge >= 0.3 is 0 Å². The molecule has 6 heteroatoms. The third-order valence-electron chi connectivity index (χ3n) is 3.54. The first-order valence-corrected chi connectivity index (χ1v) is 6.96. The number of pyridine rings is 1. The summed E-state index contributed by atoms with van der Waals surface area (Å²) in [5.74, 6) is -1.11. The van der Waals surface area contributed by atoms with Gasteiger partial charge in [0.05, 0.1) is 5.56 Å². The van der Waals surface area contributed by atoms with Crippen molar-refractivity contribution in [3.8, 4) is 0 Å². The summed E-state index contributed by atoms with van der Waals surface area (Å²) in [6.07, 6.45) is 2.21. The summed E-state index contributed by atoms with van der Waals surface area (Å²) in [6.45, 7) is 5.84. The predicted molar refractivity (Wildman–Crippen MR) is 75.1 cm³/mol. The molecule has 1 saturated heterocycles. The summed E-state index contributed by atoms with van der Waals surface area (Å²) in [5, 5.41) is 2.73. The number of amides is 1. The molecule has 2 heterocycles. The van der Waals surface area contributed by atoms with E-state index in [1.807, 2.05) is 0 Å². The molecule has 1 aromatic rings. The second-order valence-corrected chi connectivity index (χ2v) is 5.10. The molecule has 1 aliphatic rings. The molecule has 0 bridgehead atoms. The standard InChI is InChI=1S/C14H21FN4O/c1-18-8-10-19(11-9-18)7-3-6-17-14(20)12-4-2-5-16-13(12)15/h2,4-5H,3,6-11H2,1H3,(H,17,20). The zero-order valence-electron chi connectivity index (χ0n) is 11.8. The number of carbonyl (C=O) groups excluding carboxylic acids is 1. The molecule has 5 nitrogen and oxygen atoms in total. The summed E-state index contributed by atoms with van der Waals surface area (Å²) >= 11 is 0. The molecule has 0 aliphatic carbocycles. The number of piperazine rings is 1. The fourth-order valence-electron chi connectivity index (χ4n) is 2.23. The van der Waals surface area contributed by atoms with Crippen molar-refractivity contribution in [1.29, 1.82) is 0 Å². The van der Waals surface area contributed by atoms with Crippen LogP contribution in [0.3, 0.4) is 0 Å². The first-order valence-electron chi connectivity index (χ1n) is 6.96. The molecule has 0 radical (unpaired) electrons. The number of carbonyl (C=O) groups is 1. The average Bonchev–Trinajstić information content (AvgIpc) is 2.46. The largest absolute Gasteiger partial charge is 0.352 e. The maximum Gasteiger partial charge on any atom is 0.255 e. The molecular formula is C14H21FN4O. The van der Waals surface area contributed by atoms with E-state index in [1.165, 1.54) is 12.3 Å². The van der Waals surface area contributed by atoms with Crippen LogP contribution in [0.25, 0.3) is 0 Å². The molecule has 110 valence electrons. The lowest BCUT2D eigenvalue weighted by molar-refractivity contribution is 0.0944. The molecule has 1 N–H and O–H groups in total. The van der Waals surface area contributed by atoms with Gasteiger partial charge < -0.3 is 15.1 Å². The van der Waals surface area contributed by atoms with Crippen LogP contribution in [0.15, 0.2) is 18.3 Å². The van der Waals surface area contributed by atoms with E-state index in [9.17, 15) is 9.18 Å². The number of hydrogen-bond donors (Lipinski definition) is 1. The Bertz CT molecular complexity index is 447. The zero-order valence-corrected chi connectivity index (χ0v) is 11.8. The summed E-state index contributed by atoms with van der Waals surface area (Å²) in [4.78, 5) is 19.9. The number of hydrogen-bond acceptors (Lipinski definition) is 4. The highest BCUT2D eigenvalue weighted by Crippen LogP contribution is 2.03. The maximum absolute atomic E-state index is 13.3. The summed E-state index contributed by atoms with van der Waals surface area (Å²) in [7, 11) is 2.13. The van der Waals surface area contributed by atoms with Crippen LogP contribution >= 0.6 is 0 Å². The van der Waals surface area contributed by atoms with Crippen LogP contribution in [0.4, 0.5) is 4.39 Å². The third-order valence-corrected chi connectivity index (χ3v) is 3.54. The van der Waals surface area contributed by atoms with Gasteiger partial charge in [-0.1, -0.05) is 0 Å². The fourth-order valence-corrected chi connectivity index (χ4v) is 2.23. The minimum atomic E-state index is -0.718. The quantitative estimate of drug-likeness (QED) is 0.633. The lowest BCUT2D eigenvalue weighted by Gasteiger charge is -2.32. The van der Waals surface area contributed by atoms with Crippen LogP contribution < -0.4 is 5.32 Å². The topological polar surface area (TPSA) is 48.5 Å². The van der Waals surface area contributed by atoms with Crippen LogP contribution in [0, 0.1) is 5.95 Å². The molecule has 20 heavy (non-hydrogen) atoms. The first kappa shape index (κ1) is 14.9. The number of halogens is 1. The van der Waals surface area contributed by atoms with Crippen molar-refractivity contribution in [3.05, 3.63) is 29.8 Å². The Morgan fingerprint density at radius 2 is 2.15 bits per heavy atom. The Morgan fingerprint density at radius 3 is 2.85 bits per heavy atom. The van der Waals surface area contributed by atoms with Gasteiger partial charge in [0.1, 0.15) is 0 Å². The van der Waals surface area contributed by atoms with E-state index in [2.05, 4.69) is 27.1 Å². The second-order valence-electron chi connectivity index (χ2n) is 5.10. The highest BCUT2D eigenvalue weighted by molar-refractivity contribution is 5.94. The summed E-state index contributed by atoms with van der Waals surface area (Å²) in [5.41, 5.74) is 0.00657. The van der Waals surface area contributed by atoms with Crippen LogP contribution in [0.2, 0.25) is 0 Å². The second kappa shape index (κ2) is 7.31. The highest BCUT2D eigenvalue weighted by atomic mass is 19.1. The minimum absolute atomic E-state index is 0.00657. The number of likely N-dealkylation sites (N-methyl/N-ethyl adjacent to an activating group) is 1. The Morgan fingerprint density at radius 1 is 1.40 bits per heavy atom. The monoisotopic (exact) mass is 280 g/mol. The minimum Gasteiger partial charge on any atom is -0.352 e. The van der Waals surface area contributed by atoms with Crippen molar-refractivity contribution in [2.75, 3.05) is 46.3 Å². The smallest absolute Gasteiger partial charge is 0.255 e. The molecule has 1 aliphatic heterocycles. The number of nitrogens with zero attached hydrogens (tertiary/aromatic N) is 3. The van der Waals surface area contributed by atoms with E-state index in [0.29, 0.717) is 6.54 Å². The predicted octanol–water partition coefficient (Wildman–Crippen LogP) is 0.588. The van der Waals surface area contributed by atoms with Crippen LogP contribution in [0.5, 0.6) is 0 Å². The Balaban J connectivity index is 1.66. The van der Waals surface area contributed by atoms with Crippen LogP contribution in [0.1, 0.15) is 16.8 Å². The van der Waals surface area contributed by atoms with Gasteiger partial charge in [0.15, 0.2) is 0 Å². The number of nitrogens with one attached hydrogen (secondary N) is 1. The maximum atomic E-state index is 13.3. The molecule has 0 unspecified atom stereocenters. The summed E-state index contributed by atoms with van der Waals surface area (Å²) < 4.78 is 13.3. The van der Waals surface area contributed by atoms with E-state index >= 15 is 0 Å². The highest BCUT2D eigenvalue weighted by Gasteiger charge is 2.14. The van der Waals surface area contributed by atoms with Crippen molar-refractivity contribution >= 4 is 5.91 Å². The molecule has 1 fully saturated rings. The van der Waals surface area contributed by atoms with E-state index in [1.54, 1.807) is 6.07 Å². The molecular weight excluding hydrogens is 259 g/mol. The molecule has 0 saturated carbocycles. The number of rotatable bonds is 5. The van der Waals surface area contributed by atoms with Crippen molar-refractivity contribution in [2.24, 2.45) is 0 Å². The Labute approximate surface area is 118 Å². The third kappa shape index (κ3) is 4.25. The van der Waals surface area contributed by atoms with Gasteiger partial charge in [-0.2, -0.15) is 4.39 Å². The van der Waals surface area contributed by atoms with Crippen molar-refractivity contribution in [2.45, 2.75) is 6.42 Å². The fraction of sp³-hybridized carbons (Fsp3) is 0.571. The summed E-state index contributed by atoms with van der Waals surface area (Å²) in [6, 6.07) is 3.00. The lowest BCUT2D eigenvalue weighted by Crippen LogP contribution is -2.45. The normalized spacial score (nSPS) is 17.1. The van der Waals surface area contributed by atoms with Crippen LogP contribution in [-0.4, -0.2) is 67.0 Å². The average molecular weight is 280 g/mol. The van der Waals surface area contributed by atoms with Gasteiger partial charge in [-0.05, 0) is 32.1 Å². The van der Waals surface area contributed by atoms with Gasteiger partial charge in [-0.25, -0.2) is 4.98 Å². The van der Waals surface area contributed by atoms with Gasteiger partial charge in [0.2, 0.25) is 5.95 Å². The van der Waals surface area contributed by atoms with Crippen LogP contribution in [-0.2, 0) is 0 Å².